The normalized spacial score (nSPS) is 13.9. The van der Waals surface area contributed by atoms with Gasteiger partial charge in [0.05, 0.1) is 19.1 Å². The van der Waals surface area contributed by atoms with Crippen LogP contribution in [0.3, 0.4) is 0 Å². The lowest BCUT2D eigenvalue weighted by atomic mass is 9.91. The molecule has 2 unspecified atom stereocenters. The third-order valence-electron chi connectivity index (χ3n) is 3.04. The van der Waals surface area contributed by atoms with Crippen LogP contribution in [0.15, 0.2) is 18.2 Å². The number of hydrogen-bond donors (Lipinski definition) is 1. The summed E-state index contributed by atoms with van der Waals surface area (Å²) in [6, 6.07) is 3.11. The van der Waals surface area contributed by atoms with E-state index in [1.807, 2.05) is 6.92 Å². The number of rotatable bonds is 6. The average Bonchev–Trinajstić information content (AvgIpc) is 2.41. The summed E-state index contributed by atoms with van der Waals surface area (Å²) in [6.07, 6.45) is 0.830. The van der Waals surface area contributed by atoms with Crippen molar-refractivity contribution in [3.63, 3.8) is 0 Å². The molecular weight excluding hydrogens is 254 g/mol. The Labute approximate surface area is 111 Å². The molecule has 19 heavy (non-hydrogen) atoms. The molecule has 3 nitrogen and oxygen atoms in total. The Hall–Kier alpha value is -1.49. The van der Waals surface area contributed by atoms with Crippen molar-refractivity contribution < 1.29 is 23.4 Å². The second-order valence-electron chi connectivity index (χ2n) is 4.39. The Kier molecular flexibility index (Phi) is 5.89. The molecule has 0 aliphatic heterocycles. The number of benzene rings is 1. The number of aliphatic hydroxyl groups is 1. The molecule has 0 radical (unpaired) electrons. The molecule has 106 valence electrons. The second-order valence-corrected chi connectivity index (χ2v) is 4.39. The predicted molar refractivity (Wildman–Crippen MR) is 66.3 cm³/mol. The molecule has 1 N–H and O–H groups in total. The van der Waals surface area contributed by atoms with E-state index in [1.54, 1.807) is 0 Å². The van der Waals surface area contributed by atoms with E-state index in [-0.39, 0.29) is 5.56 Å². The van der Waals surface area contributed by atoms with Gasteiger partial charge in [0.1, 0.15) is 0 Å². The van der Waals surface area contributed by atoms with Crippen molar-refractivity contribution in [3.05, 3.63) is 35.4 Å². The van der Waals surface area contributed by atoms with Crippen molar-refractivity contribution in [1.82, 2.24) is 0 Å². The highest BCUT2D eigenvalue weighted by atomic mass is 19.2. The van der Waals surface area contributed by atoms with Crippen LogP contribution in [-0.2, 0) is 9.53 Å². The Morgan fingerprint density at radius 1 is 1.37 bits per heavy atom. The van der Waals surface area contributed by atoms with E-state index in [2.05, 4.69) is 4.74 Å². The Bertz CT molecular complexity index is 435. The Morgan fingerprint density at radius 2 is 2.05 bits per heavy atom. The number of halogens is 2. The van der Waals surface area contributed by atoms with Gasteiger partial charge in [-0.05, 0) is 24.1 Å². The highest BCUT2D eigenvalue weighted by molar-refractivity contribution is 5.73. The van der Waals surface area contributed by atoms with Crippen molar-refractivity contribution in [1.29, 1.82) is 0 Å². The summed E-state index contributed by atoms with van der Waals surface area (Å²) in [4.78, 5) is 11.6. The van der Waals surface area contributed by atoms with E-state index >= 15 is 0 Å². The van der Waals surface area contributed by atoms with E-state index in [4.69, 9.17) is 0 Å². The minimum absolute atomic E-state index is 0.172. The summed E-state index contributed by atoms with van der Waals surface area (Å²) in [5.41, 5.74) is 0.172. The van der Waals surface area contributed by atoms with Crippen molar-refractivity contribution in [3.8, 4) is 0 Å². The molecule has 0 heterocycles. The monoisotopic (exact) mass is 272 g/mol. The average molecular weight is 272 g/mol. The Balaban J connectivity index is 2.93. The van der Waals surface area contributed by atoms with Gasteiger partial charge in [0.25, 0.3) is 0 Å². The zero-order valence-electron chi connectivity index (χ0n) is 11.0. The van der Waals surface area contributed by atoms with Gasteiger partial charge >= 0.3 is 5.97 Å². The molecule has 0 fully saturated rings. The van der Waals surface area contributed by atoms with E-state index in [0.717, 1.165) is 25.0 Å². The zero-order valence-corrected chi connectivity index (χ0v) is 11.0. The van der Waals surface area contributed by atoms with Gasteiger partial charge in [0.2, 0.25) is 0 Å². The van der Waals surface area contributed by atoms with Gasteiger partial charge in [0, 0.05) is 0 Å². The first-order chi connectivity index (χ1) is 9.01. The third-order valence-corrected chi connectivity index (χ3v) is 3.04. The van der Waals surface area contributed by atoms with E-state index in [0.29, 0.717) is 6.42 Å². The molecule has 0 saturated heterocycles. The fourth-order valence-electron chi connectivity index (χ4n) is 1.91. The molecule has 0 saturated carbocycles. The summed E-state index contributed by atoms with van der Waals surface area (Å²) in [7, 11) is 1.24. The van der Waals surface area contributed by atoms with Crippen molar-refractivity contribution in [2.75, 3.05) is 7.11 Å². The molecule has 1 rings (SSSR count). The third kappa shape index (κ3) is 3.99. The standard InChI is InChI=1S/C14H18F2O3/c1-3-4-5-10(14(18)19-2)13(17)9-6-7-11(15)12(16)8-9/h6-8,10,13,17H,3-5H2,1-2H3. The van der Waals surface area contributed by atoms with Gasteiger partial charge in [-0.3, -0.25) is 4.79 Å². The maximum atomic E-state index is 13.1. The first-order valence-corrected chi connectivity index (χ1v) is 6.22. The maximum Gasteiger partial charge on any atom is 0.311 e. The molecular formula is C14H18F2O3. The Morgan fingerprint density at radius 3 is 2.58 bits per heavy atom. The van der Waals surface area contributed by atoms with Gasteiger partial charge in [-0.15, -0.1) is 0 Å². The van der Waals surface area contributed by atoms with Crippen LogP contribution >= 0.6 is 0 Å². The van der Waals surface area contributed by atoms with Gasteiger partial charge in [-0.1, -0.05) is 25.8 Å². The highest BCUT2D eigenvalue weighted by Gasteiger charge is 2.28. The minimum Gasteiger partial charge on any atom is -0.469 e. The lowest BCUT2D eigenvalue weighted by Gasteiger charge is -2.21. The first-order valence-electron chi connectivity index (χ1n) is 6.22. The summed E-state index contributed by atoms with van der Waals surface area (Å²) in [5.74, 6) is -3.35. The van der Waals surface area contributed by atoms with Gasteiger partial charge in [-0.25, -0.2) is 8.78 Å². The van der Waals surface area contributed by atoms with Crippen LogP contribution in [0.2, 0.25) is 0 Å². The predicted octanol–water partition coefficient (Wildman–Crippen LogP) is 2.98. The molecule has 0 amide bonds. The lowest BCUT2D eigenvalue weighted by molar-refractivity contribution is -0.150. The molecule has 1 aromatic carbocycles. The smallest absolute Gasteiger partial charge is 0.311 e. The number of hydrogen-bond acceptors (Lipinski definition) is 3. The van der Waals surface area contributed by atoms with Gasteiger partial charge in [-0.2, -0.15) is 0 Å². The largest absolute Gasteiger partial charge is 0.469 e. The van der Waals surface area contributed by atoms with E-state index in [1.165, 1.54) is 13.2 Å². The van der Waals surface area contributed by atoms with Crippen molar-refractivity contribution in [2.24, 2.45) is 5.92 Å². The summed E-state index contributed by atoms with van der Waals surface area (Å²) in [6.45, 7) is 1.96. The highest BCUT2D eigenvalue weighted by Crippen LogP contribution is 2.28. The van der Waals surface area contributed by atoms with E-state index in [9.17, 15) is 18.7 Å². The molecule has 0 spiro atoms. The van der Waals surface area contributed by atoms with Crippen LogP contribution < -0.4 is 0 Å². The van der Waals surface area contributed by atoms with Crippen molar-refractivity contribution in [2.45, 2.75) is 32.3 Å². The fourth-order valence-corrected chi connectivity index (χ4v) is 1.91. The SMILES string of the molecule is CCCCC(C(=O)OC)C(O)c1ccc(F)c(F)c1. The molecule has 0 aliphatic carbocycles. The maximum absolute atomic E-state index is 13.1. The van der Waals surface area contributed by atoms with Crippen LogP contribution in [0.5, 0.6) is 0 Å². The van der Waals surface area contributed by atoms with Gasteiger partial charge < -0.3 is 9.84 Å². The zero-order chi connectivity index (χ0) is 14.4. The number of carbonyl (C=O) groups is 1. The second kappa shape index (κ2) is 7.19. The molecule has 0 bridgehead atoms. The molecule has 5 heteroatoms. The van der Waals surface area contributed by atoms with Crippen LogP contribution in [-0.4, -0.2) is 18.2 Å². The van der Waals surface area contributed by atoms with Crippen LogP contribution in [0, 0.1) is 17.6 Å². The number of carbonyl (C=O) groups excluding carboxylic acids is 1. The van der Waals surface area contributed by atoms with Crippen LogP contribution in [0.1, 0.15) is 37.9 Å². The van der Waals surface area contributed by atoms with E-state index < -0.39 is 29.6 Å². The quantitative estimate of drug-likeness (QED) is 0.810. The number of ether oxygens (including phenoxy) is 1. The van der Waals surface area contributed by atoms with Gasteiger partial charge in [0.15, 0.2) is 11.6 Å². The summed E-state index contributed by atoms with van der Waals surface area (Å²) < 4.78 is 30.6. The van der Waals surface area contributed by atoms with Crippen molar-refractivity contribution >= 4 is 5.97 Å². The molecule has 0 aliphatic rings. The fraction of sp³-hybridized carbons (Fsp3) is 0.500. The number of aliphatic hydroxyl groups excluding tert-OH is 1. The molecule has 0 aromatic heterocycles. The lowest BCUT2D eigenvalue weighted by Crippen LogP contribution is -2.24. The topological polar surface area (TPSA) is 46.5 Å². The van der Waals surface area contributed by atoms with Crippen LogP contribution in [0.25, 0.3) is 0 Å². The summed E-state index contributed by atoms with van der Waals surface area (Å²) >= 11 is 0. The number of methoxy groups -OCH3 is 1. The number of esters is 1. The molecule has 2 atom stereocenters. The molecule has 1 aromatic rings. The number of unbranched alkanes of at least 4 members (excludes halogenated alkanes) is 1. The minimum atomic E-state index is -1.20. The van der Waals surface area contributed by atoms with Crippen LogP contribution in [0.4, 0.5) is 8.78 Å². The first kappa shape index (κ1) is 15.6. The summed E-state index contributed by atoms with van der Waals surface area (Å²) in [5, 5.41) is 10.1.